The van der Waals surface area contributed by atoms with Crippen LogP contribution in [0.1, 0.15) is 19.8 Å². The van der Waals surface area contributed by atoms with Crippen LogP contribution in [0, 0.1) is 0 Å². The molecule has 0 spiro atoms. The third-order valence-corrected chi connectivity index (χ3v) is 4.42. The molecule has 1 fully saturated rings. The van der Waals surface area contributed by atoms with E-state index < -0.39 is 10.0 Å². The average Bonchev–Trinajstić information content (AvgIpc) is 2.28. The van der Waals surface area contributed by atoms with Crippen LogP contribution in [0.15, 0.2) is 29.2 Å². The predicted molar refractivity (Wildman–Crippen MR) is 67.0 cm³/mol. The summed E-state index contributed by atoms with van der Waals surface area (Å²) < 4.78 is 31.8. The Morgan fingerprint density at radius 2 is 1.94 bits per heavy atom. The van der Waals surface area contributed by atoms with Gasteiger partial charge in [0.1, 0.15) is 5.75 Å². The van der Waals surface area contributed by atoms with Crippen LogP contribution >= 0.6 is 0 Å². The zero-order valence-electron chi connectivity index (χ0n) is 10.2. The first-order chi connectivity index (χ1) is 8.51. The molecule has 2 rings (SSSR count). The predicted octanol–water partition coefficient (Wildman–Crippen LogP) is 0.887. The zero-order valence-corrected chi connectivity index (χ0v) is 11.0. The molecule has 0 bridgehead atoms. The number of hydrogen-bond donors (Lipinski definition) is 2. The molecule has 6 heteroatoms. The topological polar surface area (TPSA) is 75.6 Å². The van der Waals surface area contributed by atoms with E-state index in [9.17, 15) is 8.42 Å². The van der Waals surface area contributed by atoms with E-state index in [1.165, 1.54) is 12.1 Å². The number of aliphatic hydroxyl groups is 1. The summed E-state index contributed by atoms with van der Waals surface area (Å²) in [6.07, 6.45) is 0.588. The number of nitrogens with one attached hydrogen (secondary N) is 1. The molecule has 0 aromatic heterocycles. The Bertz CT molecular complexity index is 491. The first kappa shape index (κ1) is 13.3. The van der Waals surface area contributed by atoms with Gasteiger partial charge in [-0.1, -0.05) is 0 Å². The zero-order chi connectivity index (χ0) is 13.2. The van der Waals surface area contributed by atoms with Gasteiger partial charge in [-0.3, -0.25) is 0 Å². The van der Waals surface area contributed by atoms with Gasteiger partial charge in [-0.05, 0) is 44.0 Å². The molecule has 1 aromatic carbocycles. The molecule has 0 heterocycles. The van der Waals surface area contributed by atoms with Crippen molar-refractivity contribution < 1.29 is 18.3 Å². The first-order valence-corrected chi connectivity index (χ1v) is 7.43. The van der Waals surface area contributed by atoms with Crippen molar-refractivity contribution in [2.45, 2.75) is 36.8 Å². The maximum Gasteiger partial charge on any atom is 0.240 e. The molecule has 0 saturated heterocycles. The lowest BCUT2D eigenvalue weighted by Crippen LogP contribution is -2.46. The van der Waals surface area contributed by atoms with Gasteiger partial charge in [-0.15, -0.1) is 0 Å². The largest absolute Gasteiger partial charge is 0.494 e. The molecule has 1 saturated carbocycles. The van der Waals surface area contributed by atoms with E-state index in [-0.39, 0.29) is 17.0 Å². The standard InChI is InChI=1S/C12H17NO4S/c1-2-17-11-3-5-12(6-4-11)18(15,16)13-9-7-10(14)8-9/h3-6,9-10,13-14H,2,7-8H2,1H3. The van der Waals surface area contributed by atoms with Gasteiger partial charge >= 0.3 is 0 Å². The van der Waals surface area contributed by atoms with Crippen molar-refractivity contribution in [2.75, 3.05) is 6.61 Å². The molecule has 0 unspecified atom stereocenters. The highest BCUT2D eigenvalue weighted by atomic mass is 32.2. The third kappa shape index (κ3) is 3.01. The highest BCUT2D eigenvalue weighted by Gasteiger charge is 2.31. The minimum atomic E-state index is -3.49. The molecule has 0 aliphatic heterocycles. The van der Waals surface area contributed by atoms with Crippen LogP contribution < -0.4 is 9.46 Å². The molecule has 0 amide bonds. The summed E-state index contributed by atoms with van der Waals surface area (Å²) in [5, 5.41) is 9.13. The van der Waals surface area contributed by atoms with Crippen LogP contribution in [-0.4, -0.2) is 32.3 Å². The Morgan fingerprint density at radius 3 is 2.44 bits per heavy atom. The summed E-state index contributed by atoms with van der Waals surface area (Å²) in [5.74, 6) is 0.649. The van der Waals surface area contributed by atoms with Gasteiger partial charge in [-0.2, -0.15) is 0 Å². The molecule has 2 N–H and O–H groups in total. The Hall–Kier alpha value is -1.11. The van der Waals surface area contributed by atoms with Crippen molar-refractivity contribution in [1.29, 1.82) is 0 Å². The van der Waals surface area contributed by atoms with Crippen molar-refractivity contribution in [3.8, 4) is 5.75 Å². The average molecular weight is 271 g/mol. The van der Waals surface area contributed by atoms with Crippen LogP contribution in [0.5, 0.6) is 5.75 Å². The van der Waals surface area contributed by atoms with E-state index in [0.717, 1.165) is 0 Å². The molecule has 5 nitrogen and oxygen atoms in total. The van der Waals surface area contributed by atoms with E-state index in [1.807, 2.05) is 6.92 Å². The van der Waals surface area contributed by atoms with Crippen molar-refractivity contribution in [1.82, 2.24) is 4.72 Å². The summed E-state index contributed by atoms with van der Waals surface area (Å²) >= 11 is 0. The maximum absolute atomic E-state index is 12.0. The van der Waals surface area contributed by atoms with Crippen molar-refractivity contribution in [3.05, 3.63) is 24.3 Å². The number of ether oxygens (including phenoxy) is 1. The molecule has 1 aliphatic carbocycles. The van der Waals surface area contributed by atoms with Gasteiger partial charge in [0.25, 0.3) is 0 Å². The SMILES string of the molecule is CCOc1ccc(S(=O)(=O)NC2CC(O)C2)cc1. The monoisotopic (exact) mass is 271 g/mol. The fourth-order valence-electron chi connectivity index (χ4n) is 1.85. The Kier molecular flexibility index (Phi) is 3.89. The van der Waals surface area contributed by atoms with Crippen LogP contribution in [0.4, 0.5) is 0 Å². The van der Waals surface area contributed by atoms with Gasteiger partial charge < -0.3 is 9.84 Å². The van der Waals surface area contributed by atoms with E-state index in [1.54, 1.807) is 12.1 Å². The van der Waals surface area contributed by atoms with Crippen LogP contribution in [-0.2, 0) is 10.0 Å². The maximum atomic E-state index is 12.0. The molecule has 1 aliphatic rings. The second kappa shape index (κ2) is 5.26. The van der Waals surface area contributed by atoms with Crippen LogP contribution in [0.2, 0.25) is 0 Å². The lowest BCUT2D eigenvalue weighted by molar-refractivity contribution is 0.0712. The first-order valence-electron chi connectivity index (χ1n) is 5.94. The van der Waals surface area contributed by atoms with Crippen molar-refractivity contribution >= 4 is 10.0 Å². The Morgan fingerprint density at radius 1 is 1.33 bits per heavy atom. The van der Waals surface area contributed by atoms with Gasteiger partial charge in [0.05, 0.1) is 17.6 Å². The van der Waals surface area contributed by atoms with E-state index in [4.69, 9.17) is 9.84 Å². The van der Waals surface area contributed by atoms with Crippen molar-refractivity contribution in [3.63, 3.8) is 0 Å². The molecule has 1 aromatic rings. The number of aliphatic hydroxyl groups excluding tert-OH is 1. The molecule has 18 heavy (non-hydrogen) atoms. The van der Waals surface area contributed by atoms with E-state index >= 15 is 0 Å². The number of hydrogen-bond acceptors (Lipinski definition) is 4. The summed E-state index contributed by atoms with van der Waals surface area (Å²) in [6, 6.07) is 6.14. The fraction of sp³-hybridized carbons (Fsp3) is 0.500. The number of rotatable bonds is 5. The van der Waals surface area contributed by atoms with Gasteiger partial charge in [0.15, 0.2) is 0 Å². The summed E-state index contributed by atoms with van der Waals surface area (Å²) in [7, 11) is -3.49. The van der Waals surface area contributed by atoms with Gasteiger partial charge in [0.2, 0.25) is 10.0 Å². The second-order valence-corrected chi connectivity index (χ2v) is 6.06. The minimum absolute atomic E-state index is 0.156. The molecule has 0 radical (unpaired) electrons. The highest BCUT2D eigenvalue weighted by molar-refractivity contribution is 7.89. The van der Waals surface area contributed by atoms with Crippen molar-refractivity contribution in [2.24, 2.45) is 0 Å². The van der Waals surface area contributed by atoms with Gasteiger partial charge in [-0.25, -0.2) is 13.1 Å². The van der Waals surface area contributed by atoms with E-state index in [2.05, 4.69) is 4.72 Å². The molecule has 0 atom stereocenters. The third-order valence-electron chi connectivity index (χ3n) is 2.88. The Balaban J connectivity index is 2.04. The van der Waals surface area contributed by atoms with E-state index in [0.29, 0.717) is 25.2 Å². The smallest absolute Gasteiger partial charge is 0.240 e. The lowest BCUT2D eigenvalue weighted by Gasteiger charge is -2.31. The molecule has 100 valence electrons. The fourth-order valence-corrected chi connectivity index (χ4v) is 3.11. The number of benzene rings is 1. The summed E-state index contributed by atoms with van der Waals surface area (Å²) in [5.41, 5.74) is 0. The normalized spacial score (nSPS) is 23.4. The van der Waals surface area contributed by atoms with Crippen LogP contribution in [0.3, 0.4) is 0 Å². The van der Waals surface area contributed by atoms with Gasteiger partial charge in [0, 0.05) is 6.04 Å². The molecular weight excluding hydrogens is 254 g/mol. The number of sulfonamides is 1. The Labute approximate surface area is 107 Å². The second-order valence-electron chi connectivity index (χ2n) is 4.35. The highest BCUT2D eigenvalue weighted by Crippen LogP contribution is 2.22. The summed E-state index contributed by atoms with van der Waals surface area (Å²) in [6.45, 7) is 2.42. The lowest BCUT2D eigenvalue weighted by atomic mass is 9.91. The molecular formula is C12H17NO4S. The minimum Gasteiger partial charge on any atom is -0.494 e. The van der Waals surface area contributed by atoms with Crippen LogP contribution in [0.25, 0.3) is 0 Å². The quantitative estimate of drug-likeness (QED) is 0.834. The summed E-state index contributed by atoms with van der Waals surface area (Å²) in [4.78, 5) is 0.215.